The van der Waals surface area contributed by atoms with Crippen LogP contribution in [0, 0.1) is 0 Å². The molecule has 0 spiro atoms. The number of carboxylic acid groups (broad SMARTS) is 1. The van der Waals surface area contributed by atoms with Crippen LogP contribution in [0.4, 0.5) is 0 Å². The number of thioether (sulfide) groups is 1. The molecule has 1 heterocycles. The highest BCUT2D eigenvalue weighted by molar-refractivity contribution is 8.13. The number of hydrogen-bond donors (Lipinski definition) is 1. The predicted octanol–water partition coefficient (Wildman–Crippen LogP) is 2.74. The lowest BCUT2D eigenvalue weighted by atomic mass is 10.3. The second-order valence-corrected chi connectivity index (χ2v) is 4.89. The molecule has 0 saturated heterocycles. The van der Waals surface area contributed by atoms with Crippen LogP contribution in [0.5, 0.6) is 0 Å². The molecule has 80 valence electrons. The van der Waals surface area contributed by atoms with Crippen LogP contribution in [-0.2, 0) is 4.79 Å². The predicted molar refractivity (Wildman–Crippen MR) is 63.5 cm³/mol. The molecule has 0 fully saturated rings. The highest BCUT2D eigenvalue weighted by Crippen LogP contribution is 2.16. The second kappa shape index (κ2) is 5.72. The van der Waals surface area contributed by atoms with Crippen molar-refractivity contribution in [3.8, 4) is 0 Å². The lowest BCUT2D eigenvalue weighted by Gasteiger charge is -1.87. The number of carbonyl (C=O) groups is 2. The minimum absolute atomic E-state index is 0.0806. The van der Waals surface area contributed by atoms with Gasteiger partial charge in [-0.25, -0.2) is 4.79 Å². The normalized spacial score (nSPS) is 10.7. The number of carbonyl (C=O) groups excluding carboxylic acids is 1. The minimum Gasteiger partial charge on any atom is -0.478 e. The van der Waals surface area contributed by atoms with Gasteiger partial charge < -0.3 is 5.11 Å². The molecule has 0 unspecified atom stereocenters. The van der Waals surface area contributed by atoms with Crippen LogP contribution >= 0.6 is 23.1 Å². The molecule has 0 amide bonds. The molecule has 1 rings (SSSR count). The lowest BCUT2D eigenvalue weighted by molar-refractivity contribution is -0.109. The third kappa shape index (κ3) is 4.31. The molecule has 3 nitrogen and oxygen atoms in total. The van der Waals surface area contributed by atoms with Gasteiger partial charge in [-0.2, -0.15) is 0 Å². The molecular weight excluding hydrogens is 232 g/mol. The maximum Gasteiger partial charge on any atom is 0.336 e. The highest BCUT2D eigenvalue weighted by Gasteiger charge is 2.03. The number of aromatic carboxylic acids is 1. The molecule has 0 radical (unpaired) electrons. The van der Waals surface area contributed by atoms with E-state index in [0.717, 1.165) is 4.88 Å². The molecule has 5 heteroatoms. The van der Waals surface area contributed by atoms with Crippen molar-refractivity contribution in [3.63, 3.8) is 0 Å². The largest absolute Gasteiger partial charge is 0.478 e. The van der Waals surface area contributed by atoms with E-state index in [9.17, 15) is 9.59 Å². The van der Waals surface area contributed by atoms with E-state index >= 15 is 0 Å². The average molecular weight is 242 g/mol. The molecular formula is C10H10O3S2. The summed E-state index contributed by atoms with van der Waals surface area (Å²) in [5.74, 6) is -0.292. The van der Waals surface area contributed by atoms with E-state index in [1.807, 2.05) is 12.2 Å². The second-order valence-electron chi connectivity index (χ2n) is 2.75. The summed E-state index contributed by atoms with van der Waals surface area (Å²) in [5.41, 5.74) is 0.305. The summed E-state index contributed by atoms with van der Waals surface area (Å²) in [4.78, 5) is 22.1. The maximum absolute atomic E-state index is 10.6. The van der Waals surface area contributed by atoms with Crippen molar-refractivity contribution in [2.75, 3.05) is 5.75 Å². The molecule has 0 aromatic carbocycles. The Labute approximate surface area is 95.8 Å². The molecule has 0 atom stereocenters. The van der Waals surface area contributed by atoms with Crippen molar-refractivity contribution in [1.82, 2.24) is 0 Å². The quantitative estimate of drug-likeness (QED) is 0.882. The summed E-state index contributed by atoms with van der Waals surface area (Å²) in [7, 11) is 0. The van der Waals surface area contributed by atoms with Crippen LogP contribution in [0.15, 0.2) is 17.5 Å². The van der Waals surface area contributed by atoms with Crippen LogP contribution in [0.1, 0.15) is 22.2 Å². The molecule has 0 aliphatic heterocycles. The Hall–Kier alpha value is -1.07. The standard InChI is InChI=1S/C10H10O3S2/c1-7(11)14-4-2-3-9-5-8(6-15-9)10(12)13/h2-3,5-6H,4H2,1H3,(H,12,13). The van der Waals surface area contributed by atoms with Gasteiger partial charge in [-0.05, 0) is 12.1 Å². The van der Waals surface area contributed by atoms with E-state index in [2.05, 4.69) is 0 Å². The fraction of sp³-hybridized carbons (Fsp3) is 0.200. The molecule has 0 aliphatic rings. The molecule has 1 N–H and O–H groups in total. The van der Waals surface area contributed by atoms with E-state index < -0.39 is 5.97 Å². The van der Waals surface area contributed by atoms with Crippen molar-refractivity contribution in [3.05, 3.63) is 28.0 Å². The third-order valence-electron chi connectivity index (χ3n) is 1.53. The Balaban J connectivity index is 2.50. The van der Waals surface area contributed by atoms with Crippen molar-refractivity contribution < 1.29 is 14.7 Å². The molecule has 1 aromatic heterocycles. The van der Waals surface area contributed by atoms with E-state index in [0.29, 0.717) is 11.3 Å². The van der Waals surface area contributed by atoms with Crippen LogP contribution < -0.4 is 0 Å². The van der Waals surface area contributed by atoms with Gasteiger partial charge in [0.25, 0.3) is 0 Å². The highest BCUT2D eigenvalue weighted by atomic mass is 32.2. The van der Waals surface area contributed by atoms with Gasteiger partial charge in [-0.1, -0.05) is 17.8 Å². The number of rotatable bonds is 4. The van der Waals surface area contributed by atoms with E-state index in [1.54, 1.807) is 11.4 Å². The molecule has 0 aliphatic carbocycles. The average Bonchev–Trinajstić information content (AvgIpc) is 2.60. The summed E-state index contributed by atoms with van der Waals surface area (Å²) in [6, 6.07) is 1.61. The third-order valence-corrected chi connectivity index (χ3v) is 3.20. The Morgan fingerprint density at radius 2 is 2.33 bits per heavy atom. The van der Waals surface area contributed by atoms with Gasteiger partial charge in [0.05, 0.1) is 5.56 Å². The van der Waals surface area contributed by atoms with Gasteiger partial charge in [0.1, 0.15) is 0 Å². The summed E-state index contributed by atoms with van der Waals surface area (Å²) in [5, 5.41) is 10.4. The van der Waals surface area contributed by atoms with Gasteiger partial charge >= 0.3 is 5.97 Å². The first-order valence-corrected chi connectivity index (χ1v) is 6.08. The van der Waals surface area contributed by atoms with E-state index in [4.69, 9.17) is 5.11 Å². The number of thiophene rings is 1. The summed E-state index contributed by atoms with van der Waals surface area (Å²) in [6.07, 6.45) is 3.68. The smallest absolute Gasteiger partial charge is 0.336 e. The van der Waals surface area contributed by atoms with E-state index in [1.165, 1.54) is 30.0 Å². The minimum atomic E-state index is -0.913. The van der Waals surface area contributed by atoms with E-state index in [-0.39, 0.29) is 5.12 Å². The fourth-order valence-electron chi connectivity index (χ4n) is 0.882. The van der Waals surface area contributed by atoms with Gasteiger partial charge in [-0.3, -0.25) is 4.79 Å². The van der Waals surface area contributed by atoms with Gasteiger partial charge in [0.2, 0.25) is 0 Å². The summed E-state index contributed by atoms with van der Waals surface area (Å²) < 4.78 is 0. The van der Waals surface area contributed by atoms with Crippen LogP contribution in [-0.4, -0.2) is 21.9 Å². The fourth-order valence-corrected chi connectivity index (χ4v) is 2.11. The number of hydrogen-bond acceptors (Lipinski definition) is 4. The Morgan fingerprint density at radius 3 is 2.87 bits per heavy atom. The molecule has 0 bridgehead atoms. The summed E-state index contributed by atoms with van der Waals surface area (Å²) in [6.45, 7) is 1.52. The first kappa shape index (κ1) is 12.0. The van der Waals surface area contributed by atoms with Crippen molar-refractivity contribution >= 4 is 40.3 Å². The zero-order valence-corrected chi connectivity index (χ0v) is 9.73. The Morgan fingerprint density at radius 1 is 1.60 bits per heavy atom. The summed E-state index contributed by atoms with van der Waals surface area (Å²) >= 11 is 2.60. The zero-order chi connectivity index (χ0) is 11.3. The van der Waals surface area contributed by atoms with Crippen molar-refractivity contribution in [2.24, 2.45) is 0 Å². The van der Waals surface area contributed by atoms with Crippen molar-refractivity contribution in [1.29, 1.82) is 0 Å². The van der Waals surface area contributed by atoms with Gasteiger partial charge in [-0.15, -0.1) is 11.3 Å². The monoisotopic (exact) mass is 242 g/mol. The Kier molecular flexibility index (Phi) is 4.58. The molecule has 0 saturated carbocycles. The van der Waals surface area contributed by atoms with Gasteiger partial charge in [0.15, 0.2) is 5.12 Å². The lowest BCUT2D eigenvalue weighted by Crippen LogP contribution is -1.91. The van der Waals surface area contributed by atoms with Crippen LogP contribution in [0.25, 0.3) is 6.08 Å². The SMILES string of the molecule is CC(=O)SCC=Cc1cc(C(=O)O)cs1. The number of carboxylic acids is 1. The van der Waals surface area contributed by atoms with Crippen LogP contribution in [0.3, 0.4) is 0 Å². The topological polar surface area (TPSA) is 54.4 Å². The first-order valence-electron chi connectivity index (χ1n) is 4.21. The molecule has 1 aromatic rings. The molecule has 15 heavy (non-hydrogen) atoms. The zero-order valence-electron chi connectivity index (χ0n) is 8.10. The first-order chi connectivity index (χ1) is 7.09. The van der Waals surface area contributed by atoms with Crippen molar-refractivity contribution in [2.45, 2.75) is 6.92 Å². The van der Waals surface area contributed by atoms with Crippen LogP contribution in [0.2, 0.25) is 0 Å². The maximum atomic E-state index is 10.6. The van der Waals surface area contributed by atoms with Gasteiger partial charge in [0, 0.05) is 22.9 Å². The Bertz CT molecular complexity index is 393.